The maximum absolute atomic E-state index is 12.0. The van der Waals surface area contributed by atoms with Crippen molar-refractivity contribution in [1.82, 2.24) is 10.3 Å². The van der Waals surface area contributed by atoms with Gasteiger partial charge in [-0.3, -0.25) is 4.21 Å². The molecule has 1 N–H and O–H groups in total. The van der Waals surface area contributed by atoms with Crippen LogP contribution in [0.5, 0.6) is 0 Å². The minimum absolute atomic E-state index is 0. The Morgan fingerprint density at radius 1 is 1.65 bits per heavy atom. The molecule has 1 aliphatic heterocycles. The van der Waals surface area contributed by atoms with Crippen LogP contribution in [0.1, 0.15) is 18.4 Å². The van der Waals surface area contributed by atoms with Crippen molar-refractivity contribution in [3.63, 3.8) is 0 Å². The summed E-state index contributed by atoms with van der Waals surface area (Å²) >= 11 is 0. The summed E-state index contributed by atoms with van der Waals surface area (Å²) in [5.74, 6) is 0.547. The van der Waals surface area contributed by atoms with Gasteiger partial charge in [-0.25, -0.2) is 4.98 Å². The van der Waals surface area contributed by atoms with Gasteiger partial charge < -0.3 is 5.32 Å². The van der Waals surface area contributed by atoms with E-state index >= 15 is 0 Å². The molecule has 6 heteroatoms. The van der Waals surface area contributed by atoms with Gasteiger partial charge in [0.05, 0.1) is 16.4 Å². The third-order valence-corrected chi connectivity index (χ3v) is 4.08. The third-order valence-electron chi connectivity index (χ3n) is 2.62. The Hall–Kier alpha value is -0.960. The van der Waals surface area contributed by atoms with E-state index in [1.165, 1.54) is 0 Å². The normalized spacial score (nSPS) is 20.3. The van der Waals surface area contributed by atoms with Crippen molar-refractivity contribution < 1.29 is 4.21 Å². The van der Waals surface area contributed by atoms with E-state index in [1.807, 2.05) is 6.07 Å². The minimum Gasteiger partial charge on any atom is -0.313 e. The molecule has 1 aromatic rings. The molecule has 1 saturated heterocycles. The largest absolute Gasteiger partial charge is 0.313 e. The van der Waals surface area contributed by atoms with Crippen LogP contribution in [0.25, 0.3) is 0 Å². The molecule has 1 aromatic heterocycles. The van der Waals surface area contributed by atoms with E-state index in [4.69, 9.17) is 5.26 Å². The average molecular weight is 272 g/mol. The molecule has 0 spiro atoms. The Balaban J connectivity index is 0.00000144. The Morgan fingerprint density at radius 2 is 2.47 bits per heavy atom. The molecule has 17 heavy (non-hydrogen) atoms. The molecule has 1 fully saturated rings. The Bertz CT molecular complexity index is 441. The molecular weight excluding hydrogens is 258 g/mol. The van der Waals surface area contributed by atoms with E-state index in [1.54, 1.807) is 18.3 Å². The van der Waals surface area contributed by atoms with Crippen LogP contribution in [0.3, 0.4) is 0 Å². The fraction of sp³-hybridized carbons (Fsp3) is 0.455. The van der Waals surface area contributed by atoms with Gasteiger partial charge in [-0.2, -0.15) is 5.26 Å². The molecule has 2 atom stereocenters. The highest BCUT2D eigenvalue weighted by molar-refractivity contribution is 7.85. The molecule has 0 aromatic carbocycles. The maximum Gasteiger partial charge on any atom is 0.144 e. The molecule has 0 amide bonds. The van der Waals surface area contributed by atoms with Crippen molar-refractivity contribution in [3.05, 3.63) is 23.9 Å². The summed E-state index contributed by atoms with van der Waals surface area (Å²) in [4.78, 5) is 4.04. The van der Waals surface area contributed by atoms with Crippen molar-refractivity contribution in [2.24, 2.45) is 0 Å². The van der Waals surface area contributed by atoms with Crippen molar-refractivity contribution >= 4 is 23.2 Å². The molecule has 4 nitrogen and oxygen atoms in total. The predicted molar refractivity (Wildman–Crippen MR) is 68.5 cm³/mol. The van der Waals surface area contributed by atoms with Crippen molar-refractivity contribution in [3.8, 4) is 6.07 Å². The maximum atomic E-state index is 12.0. The van der Waals surface area contributed by atoms with Crippen molar-refractivity contribution in [2.45, 2.75) is 23.9 Å². The first-order valence-corrected chi connectivity index (χ1v) is 6.60. The summed E-state index contributed by atoms with van der Waals surface area (Å²) < 4.78 is 12.0. The van der Waals surface area contributed by atoms with E-state index in [0.717, 1.165) is 19.4 Å². The lowest BCUT2D eigenvalue weighted by atomic mass is 10.3. The standard InChI is InChI=1S/C11H13N3OS.ClH/c12-7-9-3-1-6-14-11(9)16(15)8-10-4-2-5-13-10;/h1,3,6,10,13H,2,4-5,8H2;1H. The fourth-order valence-corrected chi connectivity index (χ4v) is 3.16. The molecule has 92 valence electrons. The van der Waals surface area contributed by atoms with Crippen LogP contribution in [0.4, 0.5) is 0 Å². The zero-order valence-electron chi connectivity index (χ0n) is 9.26. The minimum atomic E-state index is -1.18. The van der Waals surface area contributed by atoms with Gasteiger partial charge in [0.1, 0.15) is 11.1 Å². The lowest BCUT2D eigenvalue weighted by Gasteiger charge is -2.09. The van der Waals surface area contributed by atoms with Crippen LogP contribution in [0, 0.1) is 11.3 Å². The van der Waals surface area contributed by atoms with Gasteiger partial charge in [-0.15, -0.1) is 12.4 Å². The first-order chi connectivity index (χ1) is 7.81. The number of hydrogen-bond donors (Lipinski definition) is 1. The summed E-state index contributed by atoms with van der Waals surface area (Å²) in [6, 6.07) is 5.67. The summed E-state index contributed by atoms with van der Waals surface area (Å²) in [6.45, 7) is 0.995. The average Bonchev–Trinajstić information content (AvgIpc) is 2.81. The van der Waals surface area contributed by atoms with Gasteiger partial charge in [0, 0.05) is 18.0 Å². The molecule has 0 aliphatic carbocycles. The third kappa shape index (κ3) is 3.50. The predicted octanol–water partition coefficient (Wildman–Crippen LogP) is 1.23. The quantitative estimate of drug-likeness (QED) is 0.898. The first-order valence-electron chi connectivity index (χ1n) is 5.28. The zero-order chi connectivity index (χ0) is 11.4. The molecule has 2 rings (SSSR count). The second-order valence-corrected chi connectivity index (χ2v) is 5.18. The molecule has 2 heterocycles. The van der Waals surface area contributed by atoms with E-state index in [9.17, 15) is 4.21 Å². The molecule has 0 saturated carbocycles. The van der Waals surface area contributed by atoms with Crippen LogP contribution >= 0.6 is 12.4 Å². The number of halogens is 1. The van der Waals surface area contributed by atoms with Gasteiger partial charge >= 0.3 is 0 Å². The van der Waals surface area contributed by atoms with E-state index in [0.29, 0.717) is 22.4 Å². The number of aromatic nitrogens is 1. The van der Waals surface area contributed by atoms with Gasteiger partial charge in [-0.1, -0.05) is 0 Å². The van der Waals surface area contributed by atoms with Crippen LogP contribution in [-0.4, -0.2) is 27.5 Å². The van der Waals surface area contributed by atoms with Gasteiger partial charge in [-0.05, 0) is 31.5 Å². The molecule has 0 radical (unpaired) electrons. The topological polar surface area (TPSA) is 65.8 Å². The molecule has 2 unspecified atom stereocenters. The Labute approximate surface area is 109 Å². The highest BCUT2D eigenvalue weighted by atomic mass is 35.5. The number of hydrogen-bond acceptors (Lipinski definition) is 4. The number of nitriles is 1. The number of pyridine rings is 1. The Kier molecular flexibility index (Phi) is 5.56. The van der Waals surface area contributed by atoms with Crippen LogP contribution in [0.2, 0.25) is 0 Å². The van der Waals surface area contributed by atoms with Crippen LogP contribution in [-0.2, 0) is 10.8 Å². The molecular formula is C11H14ClN3OS. The molecule has 1 aliphatic rings. The number of nitrogens with one attached hydrogen (secondary N) is 1. The Morgan fingerprint density at radius 3 is 3.12 bits per heavy atom. The van der Waals surface area contributed by atoms with E-state index in [2.05, 4.69) is 10.3 Å². The SMILES string of the molecule is Cl.N#Cc1cccnc1S(=O)CC1CCCN1. The monoisotopic (exact) mass is 271 g/mol. The number of nitrogens with zero attached hydrogens (tertiary/aromatic N) is 2. The van der Waals surface area contributed by atoms with E-state index in [-0.39, 0.29) is 12.4 Å². The second-order valence-electron chi connectivity index (χ2n) is 3.77. The van der Waals surface area contributed by atoms with E-state index < -0.39 is 10.8 Å². The van der Waals surface area contributed by atoms with Crippen LogP contribution < -0.4 is 5.32 Å². The smallest absolute Gasteiger partial charge is 0.144 e. The van der Waals surface area contributed by atoms with Gasteiger partial charge in [0.2, 0.25) is 0 Å². The van der Waals surface area contributed by atoms with Gasteiger partial charge in [0.15, 0.2) is 0 Å². The summed E-state index contributed by atoms with van der Waals surface area (Å²) in [5.41, 5.74) is 0.416. The lowest BCUT2D eigenvalue weighted by molar-refractivity contribution is 0.641. The lowest BCUT2D eigenvalue weighted by Crippen LogP contribution is -2.28. The van der Waals surface area contributed by atoms with Crippen LogP contribution in [0.15, 0.2) is 23.4 Å². The molecule has 0 bridgehead atoms. The highest BCUT2D eigenvalue weighted by Gasteiger charge is 2.19. The first kappa shape index (κ1) is 14.1. The summed E-state index contributed by atoms with van der Waals surface area (Å²) in [5, 5.41) is 12.6. The fourth-order valence-electron chi connectivity index (χ4n) is 1.82. The highest BCUT2D eigenvalue weighted by Crippen LogP contribution is 2.13. The summed E-state index contributed by atoms with van der Waals surface area (Å²) in [6.07, 6.45) is 3.77. The second kappa shape index (κ2) is 6.70. The zero-order valence-corrected chi connectivity index (χ0v) is 10.9. The number of rotatable bonds is 3. The van der Waals surface area contributed by atoms with Crippen molar-refractivity contribution in [2.75, 3.05) is 12.3 Å². The van der Waals surface area contributed by atoms with Gasteiger partial charge in [0.25, 0.3) is 0 Å². The summed E-state index contributed by atoms with van der Waals surface area (Å²) in [7, 11) is -1.18. The van der Waals surface area contributed by atoms with Crippen molar-refractivity contribution in [1.29, 1.82) is 5.26 Å².